The van der Waals surface area contributed by atoms with E-state index < -0.39 is 0 Å². The number of fused-ring (bicyclic) bond motifs is 1. The molecule has 0 aliphatic rings. The fourth-order valence-corrected chi connectivity index (χ4v) is 1.55. The third kappa shape index (κ3) is 1.01. The van der Waals surface area contributed by atoms with Crippen LogP contribution in [-0.4, -0.2) is 20.2 Å². The van der Waals surface area contributed by atoms with E-state index in [1.807, 2.05) is 24.4 Å². The molecule has 0 spiro atoms. The van der Waals surface area contributed by atoms with Gasteiger partial charge in [-0.05, 0) is 24.3 Å². The van der Waals surface area contributed by atoms with Crippen LogP contribution >= 0.6 is 0 Å². The first-order chi connectivity index (χ1) is 6.93. The molecule has 1 aromatic carbocycles. The van der Waals surface area contributed by atoms with Gasteiger partial charge < -0.3 is 4.98 Å². The molecule has 3 aromatic rings. The number of hydrogen-bond acceptors (Lipinski definition) is 2. The Bertz CT molecular complexity index is 550. The molecule has 0 saturated heterocycles. The SMILES string of the molecule is c1n[nH]c(-c2ccc3[nH]ccc3c2)n1. The second kappa shape index (κ2) is 2.70. The van der Waals surface area contributed by atoms with Gasteiger partial charge in [-0.3, -0.25) is 5.10 Å². The lowest BCUT2D eigenvalue weighted by molar-refractivity contribution is 1.10. The third-order valence-electron chi connectivity index (χ3n) is 2.24. The maximum absolute atomic E-state index is 4.10. The van der Waals surface area contributed by atoms with Crippen molar-refractivity contribution in [3.8, 4) is 11.4 Å². The van der Waals surface area contributed by atoms with Gasteiger partial charge in [-0.15, -0.1) is 0 Å². The highest BCUT2D eigenvalue weighted by Gasteiger charge is 2.01. The van der Waals surface area contributed by atoms with E-state index in [1.54, 1.807) is 0 Å². The summed E-state index contributed by atoms with van der Waals surface area (Å²) >= 11 is 0. The predicted octanol–water partition coefficient (Wildman–Crippen LogP) is 1.95. The summed E-state index contributed by atoms with van der Waals surface area (Å²) < 4.78 is 0. The Hall–Kier alpha value is -2.10. The van der Waals surface area contributed by atoms with E-state index in [1.165, 1.54) is 11.7 Å². The number of aromatic nitrogens is 4. The molecule has 0 saturated carbocycles. The van der Waals surface area contributed by atoms with E-state index in [9.17, 15) is 0 Å². The third-order valence-corrected chi connectivity index (χ3v) is 2.24. The van der Waals surface area contributed by atoms with Crippen molar-refractivity contribution < 1.29 is 0 Å². The van der Waals surface area contributed by atoms with Crippen molar-refractivity contribution in [2.45, 2.75) is 0 Å². The lowest BCUT2D eigenvalue weighted by Crippen LogP contribution is -1.80. The smallest absolute Gasteiger partial charge is 0.155 e. The molecule has 14 heavy (non-hydrogen) atoms. The standard InChI is InChI=1S/C10H8N4/c1-2-9-7(3-4-11-9)5-8(1)10-12-6-13-14-10/h1-6,11H,(H,12,13,14). The van der Waals surface area contributed by atoms with Crippen molar-refractivity contribution in [3.05, 3.63) is 36.8 Å². The summed E-state index contributed by atoms with van der Waals surface area (Å²) in [6, 6.07) is 8.16. The monoisotopic (exact) mass is 184 g/mol. The van der Waals surface area contributed by atoms with Gasteiger partial charge in [-0.1, -0.05) is 0 Å². The van der Waals surface area contributed by atoms with Crippen LogP contribution < -0.4 is 0 Å². The summed E-state index contributed by atoms with van der Waals surface area (Å²) in [4.78, 5) is 7.25. The van der Waals surface area contributed by atoms with Crippen molar-refractivity contribution in [1.82, 2.24) is 20.2 Å². The minimum atomic E-state index is 0.799. The molecule has 2 aromatic heterocycles. The van der Waals surface area contributed by atoms with Crippen molar-refractivity contribution >= 4 is 10.9 Å². The lowest BCUT2D eigenvalue weighted by Gasteiger charge is -1.95. The van der Waals surface area contributed by atoms with Crippen molar-refractivity contribution in [1.29, 1.82) is 0 Å². The van der Waals surface area contributed by atoms with Gasteiger partial charge in [0.15, 0.2) is 5.82 Å². The van der Waals surface area contributed by atoms with Crippen LogP contribution in [0.5, 0.6) is 0 Å². The number of nitrogens with zero attached hydrogens (tertiary/aromatic N) is 2. The molecule has 68 valence electrons. The number of rotatable bonds is 1. The largest absolute Gasteiger partial charge is 0.361 e. The van der Waals surface area contributed by atoms with Gasteiger partial charge in [-0.25, -0.2) is 4.98 Å². The Morgan fingerprint density at radius 3 is 3.00 bits per heavy atom. The van der Waals surface area contributed by atoms with E-state index in [2.05, 4.69) is 26.2 Å². The highest BCUT2D eigenvalue weighted by atomic mass is 15.2. The van der Waals surface area contributed by atoms with Gasteiger partial charge >= 0.3 is 0 Å². The molecule has 0 atom stereocenters. The van der Waals surface area contributed by atoms with Crippen LogP contribution in [0.25, 0.3) is 22.3 Å². The van der Waals surface area contributed by atoms with Gasteiger partial charge in [0.2, 0.25) is 0 Å². The summed E-state index contributed by atoms with van der Waals surface area (Å²) in [7, 11) is 0. The second-order valence-electron chi connectivity index (χ2n) is 3.11. The molecule has 4 nitrogen and oxygen atoms in total. The molecule has 0 radical (unpaired) electrons. The molecule has 4 heteroatoms. The Balaban J connectivity index is 2.23. The summed E-state index contributed by atoms with van der Waals surface area (Å²) in [5, 5.41) is 7.84. The Labute approximate surface area is 80.0 Å². The fraction of sp³-hybridized carbons (Fsp3) is 0. The van der Waals surface area contributed by atoms with Crippen LogP contribution in [0.15, 0.2) is 36.8 Å². The zero-order valence-corrected chi connectivity index (χ0v) is 7.36. The van der Waals surface area contributed by atoms with Gasteiger partial charge in [0.05, 0.1) is 0 Å². The summed E-state index contributed by atoms with van der Waals surface area (Å²) in [5.74, 6) is 0.799. The molecule has 0 fully saturated rings. The summed E-state index contributed by atoms with van der Waals surface area (Å²) in [6.07, 6.45) is 3.44. The molecule has 0 bridgehead atoms. The van der Waals surface area contributed by atoms with Crippen molar-refractivity contribution in [3.63, 3.8) is 0 Å². The molecule has 2 heterocycles. The zero-order valence-electron chi connectivity index (χ0n) is 7.36. The average Bonchev–Trinajstić information content (AvgIpc) is 2.88. The van der Waals surface area contributed by atoms with E-state index in [4.69, 9.17) is 0 Å². The van der Waals surface area contributed by atoms with E-state index in [-0.39, 0.29) is 0 Å². The fourth-order valence-electron chi connectivity index (χ4n) is 1.55. The number of H-pyrrole nitrogens is 2. The van der Waals surface area contributed by atoms with Gasteiger partial charge in [0.1, 0.15) is 6.33 Å². The quantitative estimate of drug-likeness (QED) is 0.607. The predicted molar refractivity (Wildman–Crippen MR) is 53.7 cm³/mol. The van der Waals surface area contributed by atoms with Gasteiger partial charge in [0.25, 0.3) is 0 Å². The van der Waals surface area contributed by atoms with Crippen LogP contribution in [0.1, 0.15) is 0 Å². The first-order valence-corrected chi connectivity index (χ1v) is 4.36. The number of hydrogen-bond donors (Lipinski definition) is 2. The maximum Gasteiger partial charge on any atom is 0.155 e. The van der Waals surface area contributed by atoms with Crippen LogP contribution in [0, 0.1) is 0 Å². The highest BCUT2D eigenvalue weighted by molar-refractivity contribution is 5.83. The highest BCUT2D eigenvalue weighted by Crippen LogP contribution is 2.20. The molecule has 0 aliphatic carbocycles. The van der Waals surface area contributed by atoms with Crippen molar-refractivity contribution in [2.75, 3.05) is 0 Å². The minimum absolute atomic E-state index is 0.799. The zero-order chi connectivity index (χ0) is 9.38. The van der Waals surface area contributed by atoms with E-state index in [0.717, 1.165) is 16.9 Å². The number of nitrogens with one attached hydrogen (secondary N) is 2. The van der Waals surface area contributed by atoms with Gasteiger partial charge in [0, 0.05) is 22.7 Å². The Morgan fingerprint density at radius 2 is 2.14 bits per heavy atom. The molecule has 0 unspecified atom stereocenters. The van der Waals surface area contributed by atoms with Crippen LogP contribution in [0.4, 0.5) is 0 Å². The van der Waals surface area contributed by atoms with E-state index >= 15 is 0 Å². The Morgan fingerprint density at radius 1 is 1.14 bits per heavy atom. The minimum Gasteiger partial charge on any atom is -0.361 e. The van der Waals surface area contributed by atoms with Crippen LogP contribution in [0.3, 0.4) is 0 Å². The molecule has 0 aliphatic heterocycles. The molecule has 0 amide bonds. The molecular formula is C10H8N4. The summed E-state index contributed by atoms with van der Waals surface area (Å²) in [5.41, 5.74) is 2.18. The van der Waals surface area contributed by atoms with Crippen LogP contribution in [0.2, 0.25) is 0 Å². The molecule has 3 rings (SSSR count). The first-order valence-electron chi connectivity index (χ1n) is 4.36. The molecular weight excluding hydrogens is 176 g/mol. The van der Waals surface area contributed by atoms with Crippen LogP contribution in [-0.2, 0) is 0 Å². The normalized spacial score (nSPS) is 10.9. The molecule has 2 N–H and O–H groups in total. The maximum atomic E-state index is 4.10. The van der Waals surface area contributed by atoms with Crippen molar-refractivity contribution in [2.24, 2.45) is 0 Å². The second-order valence-corrected chi connectivity index (χ2v) is 3.11. The number of benzene rings is 1. The van der Waals surface area contributed by atoms with E-state index in [0.29, 0.717) is 0 Å². The summed E-state index contributed by atoms with van der Waals surface area (Å²) in [6.45, 7) is 0. The first kappa shape index (κ1) is 7.32. The lowest BCUT2D eigenvalue weighted by atomic mass is 10.1. The Kier molecular flexibility index (Phi) is 1.41. The number of aromatic amines is 2. The average molecular weight is 184 g/mol. The van der Waals surface area contributed by atoms with Gasteiger partial charge in [-0.2, -0.15) is 5.10 Å². The topological polar surface area (TPSA) is 57.4 Å².